The molecular weight excluding hydrogens is 291 g/mol. The van der Waals surface area contributed by atoms with Gasteiger partial charge < -0.3 is 18.9 Å². The molecule has 0 saturated heterocycles. The summed E-state index contributed by atoms with van der Waals surface area (Å²) in [4.78, 5) is 0. The number of hydrogen-bond acceptors (Lipinski definition) is 4. The van der Waals surface area contributed by atoms with Crippen LogP contribution in [0, 0.1) is 0 Å². The Bertz CT molecular complexity index is 1200. The van der Waals surface area contributed by atoms with Crippen molar-refractivity contribution < 1.29 is 18.9 Å². The fourth-order valence-corrected chi connectivity index (χ4v) is 3.31. The van der Waals surface area contributed by atoms with Gasteiger partial charge in [-0.3, -0.25) is 0 Å². The molecule has 2 N–H and O–H groups in total. The highest BCUT2D eigenvalue weighted by Gasteiger charge is 2.21. The lowest BCUT2D eigenvalue weighted by atomic mass is 9.77. The molecule has 0 atom stereocenters. The number of furan rings is 2. The van der Waals surface area contributed by atoms with Gasteiger partial charge in [0.15, 0.2) is 11.2 Å². The number of fused-ring (bicyclic) bond motifs is 7. The zero-order chi connectivity index (χ0) is 15.6. The second-order valence-corrected chi connectivity index (χ2v) is 5.61. The van der Waals surface area contributed by atoms with Crippen molar-refractivity contribution in [1.29, 1.82) is 0 Å². The van der Waals surface area contributed by atoms with Gasteiger partial charge in [0.05, 0.1) is 0 Å². The zero-order valence-corrected chi connectivity index (χ0v) is 12.0. The lowest BCUT2D eigenvalue weighted by molar-refractivity contribution is 0.426. The predicted molar refractivity (Wildman–Crippen MR) is 90.8 cm³/mol. The molecule has 0 radical (unpaired) electrons. The summed E-state index contributed by atoms with van der Waals surface area (Å²) in [5.41, 5.74) is 3.15. The molecule has 5 heteroatoms. The van der Waals surface area contributed by atoms with E-state index in [2.05, 4.69) is 0 Å². The van der Waals surface area contributed by atoms with Crippen LogP contribution in [0.3, 0.4) is 0 Å². The van der Waals surface area contributed by atoms with Gasteiger partial charge >= 0.3 is 7.12 Å². The number of benzene rings is 3. The monoisotopic (exact) mass is 302 g/mol. The minimum absolute atomic E-state index is 0.428. The number of para-hydroxylation sites is 1. The fraction of sp³-hybridized carbons (Fsp3) is 0. The summed E-state index contributed by atoms with van der Waals surface area (Å²) in [6, 6.07) is 17.0. The Hall–Kier alpha value is -2.76. The molecule has 5 aromatic rings. The molecule has 0 bridgehead atoms. The van der Waals surface area contributed by atoms with E-state index in [0.717, 1.165) is 21.7 Å². The SMILES string of the molecule is OB(O)c1cccc2oc3c(ccc4c5ccccc5oc43)c12. The highest BCUT2D eigenvalue weighted by atomic mass is 16.4. The molecule has 2 heterocycles. The van der Waals surface area contributed by atoms with Crippen molar-refractivity contribution in [2.75, 3.05) is 0 Å². The van der Waals surface area contributed by atoms with Crippen LogP contribution in [0.25, 0.3) is 43.9 Å². The van der Waals surface area contributed by atoms with E-state index >= 15 is 0 Å². The summed E-state index contributed by atoms with van der Waals surface area (Å²) in [5, 5.41) is 22.8. The first-order chi connectivity index (χ1) is 11.2. The smallest absolute Gasteiger partial charge is 0.452 e. The average Bonchev–Trinajstić information content (AvgIpc) is 3.12. The van der Waals surface area contributed by atoms with Crippen molar-refractivity contribution in [3.8, 4) is 0 Å². The molecule has 110 valence electrons. The lowest BCUT2D eigenvalue weighted by Crippen LogP contribution is -2.30. The minimum Gasteiger partial charge on any atom is -0.452 e. The van der Waals surface area contributed by atoms with Crippen molar-refractivity contribution in [2.45, 2.75) is 0 Å². The molecule has 0 unspecified atom stereocenters. The Morgan fingerprint density at radius 3 is 2.22 bits per heavy atom. The van der Waals surface area contributed by atoms with Crippen molar-refractivity contribution in [3.05, 3.63) is 54.6 Å². The second kappa shape index (κ2) is 4.38. The van der Waals surface area contributed by atoms with E-state index in [-0.39, 0.29) is 0 Å². The van der Waals surface area contributed by atoms with Gasteiger partial charge in [-0.1, -0.05) is 30.3 Å². The lowest BCUT2D eigenvalue weighted by Gasteiger charge is -2.00. The number of rotatable bonds is 1. The molecule has 0 aliphatic carbocycles. The van der Waals surface area contributed by atoms with Crippen molar-refractivity contribution >= 4 is 56.5 Å². The molecular formula is C18H11BO4. The Morgan fingerprint density at radius 2 is 1.35 bits per heavy atom. The van der Waals surface area contributed by atoms with E-state index in [0.29, 0.717) is 27.6 Å². The van der Waals surface area contributed by atoms with Gasteiger partial charge in [0.2, 0.25) is 0 Å². The van der Waals surface area contributed by atoms with E-state index in [9.17, 15) is 10.0 Å². The zero-order valence-electron chi connectivity index (χ0n) is 12.0. The van der Waals surface area contributed by atoms with Crippen LogP contribution in [0.1, 0.15) is 0 Å². The molecule has 3 aromatic carbocycles. The molecule has 0 aliphatic heterocycles. The Kier molecular flexibility index (Phi) is 2.43. The molecule has 4 nitrogen and oxygen atoms in total. The van der Waals surface area contributed by atoms with Gasteiger partial charge in [0.1, 0.15) is 11.2 Å². The predicted octanol–water partition coefficient (Wildman–Crippen LogP) is 3.17. The van der Waals surface area contributed by atoms with Gasteiger partial charge in [-0.05, 0) is 29.7 Å². The quantitative estimate of drug-likeness (QED) is 0.467. The Labute approximate surface area is 130 Å². The first-order valence-corrected chi connectivity index (χ1v) is 7.35. The van der Waals surface area contributed by atoms with Gasteiger partial charge in [0, 0.05) is 21.5 Å². The standard InChI is InChI=1S/C18H11BO4/c20-19(21)13-5-3-7-15-16(13)12-9-8-11-10-4-1-2-6-14(10)22-17(11)18(12)23-15/h1-9,20-21H. The summed E-state index contributed by atoms with van der Waals surface area (Å²) < 4.78 is 11.9. The first-order valence-electron chi connectivity index (χ1n) is 7.35. The Morgan fingerprint density at radius 1 is 0.652 bits per heavy atom. The average molecular weight is 302 g/mol. The van der Waals surface area contributed by atoms with E-state index in [1.54, 1.807) is 12.1 Å². The number of hydrogen-bond donors (Lipinski definition) is 2. The van der Waals surface area contributed by atoms with Crippen molar-refractivity contribution in [1.82, 2.24) is 0 Å². The van der Waals surface area contributed by atoms with E-state index in [1.807, 2.05) is 42.5 Å². The minimum atomic E-state index is -1.55. The molecule has 0 saturated carbocycles. The third-order valence-electron chi connectivity index (χ3n) is 4.32. The van der Waals surface area contributed by atoms with Crippen LogP contribution >= 0.6 is 0 Å². The fourth-order valence-electron chi connectivity index (χ4n) is 3.31. The summed E-state index contributed by atoms with van der Waals surface area (Å²) in [7, 11) is -1.55. The topological polar surface area (TPSA) is 66.7 Å². The van der Waals surface area contributed by atoms with E-state index in [1.165, 1.54) is 0 Å². The van der Waals surface area contributed by atoms with Crippen LogP contribution < -0.4 is 5.46 Å². The molecule has 0 aliphatic rings. The van der Waals surface area contributed by atoms with Gasteiger partial charge in [-0.15, -0.1) is 0 Å². The molecule has 23 heavy (non-hydrogen) atoms. The van der Waals surface area contributed by atoms with Crippen LogP contribution in [-0.2, 0) is 0 Å². The van der Waals surface area contributed by atoms with Crippen LogP contribution in [-0.4, -0.2) is 17.2 Å². The third-order valence-corrected chi connectivity index (χ3v) is 4.32. The third kappa shape index (κ3) is 1.63. The summed E-state index contributed by atoms with van der Waals surface area (Å²) in [6.45, 7) is 0. The highest BCUT2D eigenvalue weighted by Crippen LogP contribution is 2.37. The van der Waals surface area contributed by atoms with Gasteiger partial charge in [-0.25, -0.2) is 0 Å². The summed E-state index contributed by atoms with van der Waals surface area (Å²) >= 11 is 0. The van der Waals surface area contributed by atoms with Crippen LogP contribution in [0.4, 0.5) is 0 Å². The maximum absolute atomic E-state index is 9.62. The molecule has 0 fully saturated rings. The summed E-state index contributed by atoms with van der Waals surface area (Å²) in [5.74, 6) is 0. The van der Waals surface area contributed by atoms with E-state index < -0.39 is 7.12 Å². The van der Waals surface area contributed by atoms with Gasteiger partial charge in [0.25, 0.3) is 0 Å². The summed E-state index contributed by atoms with van der Waals surface area (Å²) in [6.07, 6.45) is 0. The normalized spacial score (nSPS) is 11.9. The van der Waals surface area contributed by atoms with Crippen LogP contribution in [0.15, 0.2) is 63.4 Å². The maximum atomic E-state index is 9.62. The van der Waals surface area contributed by atoms with E-state index in [4.69, 9.17) is 8.83 Å². The molecule has 0 amide bonds. The molecule has 0 spiro atoms. The second-order valence-electron chi connectivity index (χ2n) is 5.61. The Balaban J connectivity index is 2.02. The maximum Gasteiger partial charge on any atom is 0.489 e. The van der Waals surface area contributed by atoms with Crippen molar-refractivity contribution in [2.24, 2.45) is 0 Å². The van der Waals surface area contributed by atoms with Crippen molar-refractivity contribution in [3.63, 3.8) is 0 Å². The first kappa shape index (κ1) is 12.8. The highest BCUT2D eigenvalue weighted by molar-refractivity contribution is 6.62. The van der Waals surface area contributed by atoms with Gasteiger partial charge in [-0.2, -0.15) is 0 Å². The van der Waals surface area contributed by atoms with Crippen LogP contribution in [0.5, 0.6) is 0 Å². The van der Waals surface area contributed by atoms with Crippen LogP contribution in [0.2, 0.25) is 0 Å². The molecule has 5 rings (SSSR count). The largest absolute Gasteiger partial charge is 0.489 e. The molecule has 2 aromatic heterocycles.